The molecule has 2 aromatic rings. The molecule has 0 aliphatic heterocycles. The lowest BCUT2D eigenvalue weighted by molar-refractivity contribution is 0.507. The van der Waals surface area contributed by atoms with Gasteiger partial charge >= 0.3 is 0 Å². The van der Waals surface area contributed by atoms with E-state index in [9.17, 15) is 0 Å². The van der Waals surface area contributed by atoms with Crippen LogP contribution in [-0.2, 0) is 0 Å². The van der Waals surface area contributed by atoms with E-state index in [1.54, 1.807) is 24.5 Å². The Kier molecular flexibility index (Phi) is 5.79. The lowest BCUT2D eigenvalue weighted by Gasteiger charge is -2.26. The fourth-order valence-electron chi connectivity index (χ4n) is 2.24. The molecule has 0 radical (unpaired) electrons. The van der Waals surface area contributed by atoms with Crippen molar-refractivity contribution < 1.29 is 4.74 Å². The second kappa shape index (κ2) is 8.26. The largest absolute Gasteiger partial charge is 0.388 e. The van der Waals surface area contributed by atoms with Crippen molar-refractivity contribution >= 4 is 11.4 Å². The second-order valence-electron chi connectivity index (χ2n) is 4.69. The number of nitrogens with zero attached hydrogens (tertiary/aromatic N) is 2. The molecule has 0 fully saturated rings. The first-order chi connectivity index (χ1) is 11.3. The molecule has 0 bridgehead atoms. The van der Waals surface area contributed by atoms with E-state index in [0.717, 1.165) is 17.1 Å². The lowest BCUT2D eigenvalue weighted by atomic mass is 10.2. The minimum absolute atomic E-state index is 0.518. The second-order valence-corrected chi connectivity index (χ2v) is 4.69. The highest BCUT2D eigenvalue weighted by molar-refractivity contribution is 5.70. The molecule has 0 heterocycles. The van der Waals surface area contributed by atoms with Crippen molar-refractivity contribution in [3.63, 3.8) is 0 Å². The van der Waals surface area contributed by atoms with Gasteiger partial charge in [0.05, 0.1) is 0 Å². The zero-order valence-electron chi connectivity index (χ0n) is 13.0. The maximum absolute atomic E-state index is 8.59. The molecule has 0 saturated heterocycles. The van der Waals surface area contributed by atoms with Gasteiger partial charge < -0.3 is 9.64 Å². The van der Waals surface area contributed by atoms with Crippen molar-refractivity contribution in [3.05, 3.63) is 91.2 Å². The van der Waals surface area contributed by atoms with E-state index in [4.69, 9.17) is 10.00 Å². The van der Waals surface area contributed by atoms with Gasteiger partial charge in [0, 0.05) is 17.1 Å². The van der Waals surface area contributed by atoms with Gasteiger partial charge in [0.25, 0.3) is 6.26 Å². The average molecular weight is 302 g/mol. The topological polar surface area (TPSA) is 36.3 Å². The van der Waals surface area contributed by atoms with Gasteiger partial charge in [0.1, 0.15) is 5.75 Å². The Morgan fingerprint density at radius 3 is 2.30 bits per heavy atom. The number of benzene rings is 2. The van der Waals surface area contributed by atoms with E-state index in [0.29, 0.717) is 5.75 Å². The predicted molar refractivity (Wildman–Crippen MR) is 94.4 cm³/mol. The Bertz CT molecular complexity index is 737. The maximum Gasteiger partial charge on any atom is 0.292 e. The summed E-state index contributed by atoms with van der Waals surface area (Å²) in [6.45, 7) is 5.77. The van der Waals surface area contributed by atoms with Crippen LogP contribution in [-0.4, -0.2) is 0 Å². The Morgan fingerprint density at radius 2 is 1.74 bits per heavy atom. The van der Waals surface area contributed by atoms with E-state index < -0.39 is 0 Å². The van der Waals surface area contributed by atoms with Gasteiger partial charge in [-0.1, -0.05) is 36.9 Å². The van der Waals surface area contributed by atoms with Crippen molar-refractivity contribution in [2.75, 3.05) is 4.90 Å². The maximum atomic E-state index is 8.59. The zero-order valence-corrected chi connectivity index (χ0v) is 13.0. The number of anilines is 2. The van der Waals surface area contributed by atoms with Crippen LogP contribution in [0.4, 0.5) is 11.4 Å². The Hall–Kier alpha value is -3.25. The molecule has 114 valence electrons. The SMILES string of the molecule is C=C/C=C(\C=C/C)N(c1ccccc1)c1ccc(OC#N)cc1. The number of rotatable bonds is 6. The molecule has 3 nitrogen and oxygen atoms in total. The summed E-state index contributed by atoms with van der Waals surface area (Å²) < 4.78 is 4.84. The third-order valence-electron chi connectivity index (χ3n) is 3.16. The molecule has 0 aliphatic carbocycles. The summed E-state index contributed by atoms with van der Waals surface area (Å²) >= 11 is 0. The predicted octanol–water partition coefficient (Wildman–Crippen LogP) is 5.33. The summed E-state index contributed by atoms with van der Waals surface area (Å²) in [5, 5.41) is 8.59. The van der Waals surface area contributed by atoms with Gasteiger partial charge in [0.15, 0.2) is 0 Å². The number of ether oxygens (including phenoxy) is 1. The summed E-state index contributed by atoms with van der Waals surface area (Å²) in [6.07, 6.45) is 9.40. The number of hydrogen-bond donors (Lipinski definition) is 0. The van der Waals surface area contributed by atoms with Crippen LogP contribution in [0.25, 0.3) is 0 Å². The van der Waals surface area contributed by atoms with Gasteiger partial charge in [-0.25, -0.2) is 0 Å². The molecule has 2 rings (SSSR count). The number of nitriles is 1. The first-order valence-electron chi connectivity index (χ1n) is 7.26. The molecular weight excluding hydrogens is 284 g/mol. The molecular formula is C20H18N2O. The molecule has 0 aliphatic rings. The third-order valence-corrected chi connectivity index (χ3v) is 3.16. The number of allylic oxidation sites excluding steroid dienone is 4. The fourth-order valence-corrected chi connectivity index (χ4v) is 2.24. The lowest BCUT2D eigenvalue weighted by Crippen LogP contribution is -2.14. The van der Waals surface area contributed by atoms with Gasteiger partial charge in [-0.3, -0.25) is 0 Å². The smallest absolute Gasteiger partial charge is 0.292 e. The zero-order chi connectivity index (χ0) is 16.5. The molecule has 0 N–H and O–H groups in total. The van der Waals surface area contributed by atoms with E-state index in [2.05, 4.69) is 11.5 Å². The first kappa shape index (κ1) is 16.1. The molecule has 3 heteroatoms. The third kappa shape index (κ3) is 4.12. The van der Waals surface area contributed by atoms with Crippen molar-refractivity contribution in [2.45, 2.75) is 6.92 Å². The Labute approximate surface area is 137 Å². The molecule has 0 aromatic heterocycles. The Morgan fingerprint density at radius 1 is 1.09 bits per heavy atom. The van der Waals surface area contributed by atoms with Crippen LogP contribution in [0.1, 0.15) is 6.92 Å². The number of para-hydroxylation sites is 1. The first-order valence-corrected chi connectivity index (χ1v) is 7.26. The Balaban J connectivity index is 2.51. The molecule has 0 amide bonds. The van der Waals surface area contributed by atoms with Crippen LogP contribution in [0.3, 0.4) is 0 Å². The van der Waals surface area contributed by atoms with Crippen molar-refractivity contribution in [2.24, 2.45) is 0 Å². The molecule has 0 spiro atoms. The van der Waals surface area contributed by atoms with E-state index in [-0.39, 0.29) is 0 Å². The van der Waals surface area contributed by atoms with E-state index in [1.807, 2.05) is 67.6 Å². The highest BCUT2D eigenvalue weighted by Crippen LogP contribution is 2.31. The molecule has 0 unspecified atom stereocenters. The molecule has 0 atom stereocenters. The standard InChI is InChI=1S/C20H18N2O/c1-3-8-17(9-4-2)22(18-10-6-5-7-11-18)19-12-14-20(15-13-19)23-16-21/h3-15H,1H2,2H3/b9-4-,17-8+. The summed E-state index contributed by atoms with van der Waals surface area (Å²) in [4.78, 5) is 2.11. The highest BCUT2D eigenvalue weighted by atomic mass is 16.5. The van der Waals surface area contributed by atoms with Crippen molar-refractivity contribution in [3.8, 4) is 12.0 Å². The molecule has 2 aromatic carbocycles. The fraction of sp³-hybridized carbons (Fsp3) is 0.0500. The summed E-state index contributed by atoms with van der Waals surface area (Å²) in [5.74, 6) is 0.518. The average Bonchev–Trinajstić information content (AvgIpc) is 2.58. The van der Waals surface area contributed by atoms with Crippen LogP contribution < -0.4 is 9.64 Å². The molecule has 0 saturated carbocycles. The van der Waals surface area contributed by atoms with Crippen molar-refractivity contribution in [1.82, 2.24) is 0 Å². The number of hydrogen-bond acceptors (Lipinski definition) is 3. The van der Waals surface area contributed by atoms with Gasteiger partial charge in [0.2, 0.25) is 0 Å². The van der Waals surface area contributed by atoms with E-state index >= 15 is 0 Å². The van der Waals surface area contributed by atoms with Crippen LogP contribution in [0.5, 0.6) is 5.75 Å². The van der Waals surface area contributed by atoms with Crippen LogP contribution in [0.15, 0.2) is 91.2 Å². The summed E-state index contributed by atoms with van der Waals surface area (Å²) in [6, 6.07) is 17.4. The monoisotopic (exact) mass is 302 g/mol. The van der Waals surface area contributed by atoms with Crippen LogP contribution in [0, 0.1) is 11.5 Å². The van der Waals surface area contributed by atoms with Crippen LogP contribution in [0.2, 0.25) is 0 Å². The minimum Gasteiger partial charge on any atom is -0.388 e. The molecule has 23 heavy (non-hydrogen) atoms. The quantitative estimate of drug-likeness (QED) is 0.534. The summed E-state index contributed by atoms with van der Waals surface area (Å²) in [7, 11) is 0. The minimum atomic E-state index is 0.518. The van der Waals surface area contributed by atoms with Gasteiger partial charge in [-0.05, 0) is 55.5 Å². The highest BCUT2D eigenvalue weighted by Gasteiger charge is 2.12. The van der Waals surface area contributed by atoms with Gasteiger partial charge in [-0.2, -0.15) is 0 Å². The normalized spacial score (nSPS) is 11.0. The van der Waals surface area contributed by atoms with Gasteiger partial charge in [-0.15, -0.1) is 5.26 Å². The summed E-state index contributed by atoms with van der Waals surface area (Å²) in [5.41, 5.74) is 2.99. The van der Waals surface area contributed by atoms with Crippen molar-refractivity contribution in [1.29, 1.82) is 5.26 Å². The van der Waals surface area contributed by atoms with E-state index in [1.165, 1.54) is 0 Å². The van der Waals surface area contributed by atoms with Crippen LogP contribution >= 0.6 is 0 Å².